The van der Waals surface area contributed by atoms with E-state index < -0.39 is 0 Å². The first-order valence-electron chi connectivity index (χ1n) is 9.62. The minimum atomic E-state index is -0.238. The van der Waals surface area contributed by atoms with E-state index in [1.807, 2.05) is 37.3 Å². The number of hydrogen-bond donors (Lipinski definition) is 2. The molecule has 0 unspecified atom stereocenters. The molecule has 0 bridgehead atoms. The molecule has 1 amide bonds. The first-order chi connectivity index (χ1) is 14.1. The van der Waals surface area contributed by atoms with Crippen LogP contribution in [-0.4, -0.2) is 29.0 Å². The van der Waals surface area contributed by atoms with Crippen LogP contribution in [0.15, 0.2) is 54.6 Å². The van der Waals surface area contributed by atoms with Crippen LogP contribution in [-0.2, 0) is 0 Å². The molecular weight excluding hydrogens is 386 g/mol. The van der Waals surface area contributed by atoms with Gasteiger partial charge in [0.1, 0.15) is 17.5 Å². The van der Waals surface area contributed by atoms with E-state index in [2.05, 4.69) is 25.5 Å². The number of halogens is 1. The van der Waals surface area contributed by atoms with Gasteiger partial charge < -0.3 is 15.5 Å². The fraction of sp³-hybridized carbons (Fsp3) is 0.227. The Kier molecular flexibility index (Phi) is 5.62. The summed E-state index contributed by atoms with van der Waals surface area (Å²) < 4.78 is 0. The fourth-order valence-corrected chi connectivity index (χ4v) is 3.57. The van der Waals surface area contributed by atoms with Crippen LogP contribution in [0.5, 0.6) is 0 Å². The molecule has 0 atom stereocenters. The van der Waals surface area contributed by atoms with Crippen molar-refractivity contribution >= 4 is 40.5 Å². The Morgan fingerprint density at radius 1 is 1.00 bits per heavy atom. The van der Waals surface area contributed by atoms with Crippen molar-refractivity contribution < 1.29 is 4.79 Å². The summed E-state index contributed by atoms with van der Waals surface area (Å²) in [5, 5.41) is 6.61. The Morgan fingerprint density at radius 2 is 1.69 bits per heavy atom. The average Bonchev–Trinajstić information content (AvgIpc) is 3.24. The minimum Gasteiger partial charge on any atom is -0.356 e. The van der Waals surface area contributed by atoms with Crippen molar-refractivity contribution in [1.29, 1.82) is 0 Å². The van der Waals surface area contributed by atoms with Crippen molar-refractivity contribution in [3.8, 4) is 0 Å². The molecule has 6 nitrogen and oxygen atoms in total. The van der Waals surface area contributed by atoms with Crippen LogP contribution in [0.1, 0.15) is 29.0 Å². The number of amides is 1. The molecular formula is C22H22ClN5O. The van der Waals surface area contributed by atoms with Gasteiger partial charge in [0.05, 0.1) is 10.6 Å². The largest absolute Gasteiger partial charge is 0.356 e. The highest BCUT2D eigenvalue weighted by atomic mass is 35.5. The van der Waals surface area contributed by atoms with Crippen molar-refractivity contribution in [3.63, 3.8) is 0 Å². The Balaban J connectivity index is 1.45. The second kappa shape index (κ2) is 8.49. The van der Waals surface area contributed by atoms with E-state index in [1.165, 1.54) is 12.8 Å². The number of carbonyl (C=O) groups is 1. The predicted octanol–water partition coefficient (Wildman–Crippen LogP) is 5.03. The molecule has 4 rings (SSSR count). The third-order valence-electron chi connectivity index (χ3n) is 4.79. The van der Waals surface area contributed by atoms with E-state index in [1.54, 1.807) is 24.3 Å². The quantitative estimate of drug-likeness (QED) is 0.620. The van der Waals surface area contributed by atoms with Crippen molar-refractivity contribution in [2.75, 3.05) is 28.6 Å². The molecule has 0 radical (unpaired) electrons. The highest BCUT2D eigenvalue weighted by Crippen LogP contribution is 2.24. The Hall–Kier alpha value is -3.12. The molecule has 1 aliphatic rings. The number of carbonyl (C=O) groups excluding carboxylic acids is 1. The molecule has 1 aliphatic heterocycles. The number of anilines is 4. The van der Waals surface area contributed by atoms with E-state index in [-0.39, 0.29) is 5.91 Å². The van der Waals surface area contributed by atoms with E-state index in [0.717, 1.165) is 36.2 Å². The van der Waals surface area contributed by atoms with Crippen LogP contribution in [0.2, 0.25) is 5.02 Å². The summed E-state index contributed by atoms with van der Waals surface area (Å²) in [5.41, 5.74) is 2.02. The molecule has 0 saturated carbocycles. The van der Waals surface area contributed by atoms with E-state index in [9.17, 15) is 4.79 Å². The summed E-state index contributed by atoms with van der Waals surface area (Å²) in [5.74, 6) is 2.21. The zero-order chi connectivity index (χ0) is 20.2. The summed E-state index contributed by atoms with van der Waals surface area (Å²) in [6.07, 6.45) is 2.40. The first-order valence-corrected chi connectivity index (χ1v) is 10.00. The topological polar surface area (TPSA) is 70.2 Å². The van der Waals surface area contributed by atoms with Crippen LogP contribution in [0.4, 0.5) is 23.0 Å². The molecule has 2 N–H and O–H groups in total. The van der Waals surface area contributed by atoms with Gasteiger partial charge in [-0.05, 0) is 56.2 Å². The van der Waals surface area contributed by atoms with E-state index in [0.29, 0.717) is 16.3 Å². The molecule has 0 aliphatic carbocycles. The maximum Gasteiger partial charge on any atom is 0.257 e. The van der Waals surface area contributed by atoms with Crippen LogP contribution < -0.4 is 15.5 Å². The summed E-state index contributed by atoms with van der Waals surface area (Å²) >= 11 is 6.09. The molecule has 1 aromatic heterocycles. The number of hydrogen-bond acceptors (Lipinski definition) is 5. The van der Waals surface area contributed by atoms with E-state index >= 15 is 0 Å². The second-order valence-electron chi connectivity index (χ2n) is 6.99. The molecule has 7 heteroatoms. The number of aryl methyl sites for hydroxylation is 1. The lowest BCUT2D eigenvalue weighted by molar-refractivity contribution is 0.102. The lowest BCUT2D eigenvalue weighted by Crippen LogP contribution is -2.19. The van der Waals surface area contributed by atoms with Crippen LogP contribution in [0.3, 0.4) is 0 Å². The maximum absolute atomic E-state index is 12.4. The number of aromatic nitrogens is 2. The lowest BCUT2D eigenvalue weighted by atomic mass is 10.2. The summed E-state index contributed by atoms with van der Waals surface area (Å²) in [6, 6.07) is 16.4. The Morgan fingerprint density at radius 3 is 2.41 bits per heavy atom. The van der Waals surface area contributed by atoms with Crippen molar-refractivity contribution in [2.45, 2.75) is 19.8 Å². The standard InChI is InChI=1S/C22H22ClN5O/c1-15-24-20(14-21(25-15)28-12-4-5-13-28)26-16-8-10-17(11-9-16)27-22(29)18-6-2-3-7-19(18)23/h2-3,6-11,14H,4-5,12-13H2,1H3,(H,27,29)(H,24,25,26). The molecule has 148 valence electrons. The smallest absolute Gasteiger partial charge is 0.257 e. The Labute approximate surface area is 174 Å². The molecule has 29 heavy (non-hydrogen) atoms. The summed E-state index contributed by atoms with van der Waals surface area (Å²) in [7, 11) is 0. The number of nitrogens with one attached hydrogen (secondary N) is 2. The van der Waals surface area contributed by atoms with Gasteiger partial charge in [0.25, 0.3) is 5.91 Å². The van der Waals surface area contributed by atoms with Gasteiger partial charge in [-0.2, -0.15) is 0 Å². The first kappa shape index (κ1) is 19.2. The van der Waals surface area contributed by atoms with Crippen molar-refractivity contribution in [3.05, 3.63) is 71.0 Å². The predicted molar refractivity (Wildman–Crippen MR) is 117 cm³/mol. The molecule has 0 spiro atoms. The average molecular weight is 408 g/mol. The van der Waals surface area contributed by atoms with Gasteiger partial charge in [0.2, 0.25) is 0 Å². The van der Waals surface area contributed by atoms with Gasteiger partial charge in [-0.25, -0.2) is 9.97 Å². The fourth-order valence-electron chi connectivity index (χ4n) is 3.35. The third-order valence-corrected chi connectivity index (χ3v) is 5.12. The maximum atomic E-state index is 12.4. The molecule has 1 fully saturated rings. The minimum absolute atomic E-state index is 0.238. The monoisotopic (exact) mass is 407 g/mol. The number of benzene rings is 2. The van der Waals surface area contributed by atoms with Crippen LogP contribution in [0.25, 0.3) is 0 Å². The van der Waals surface area contributed by atoms with Crippen molar-refractivity contribution in [1.82, 2.24) is 9.97 Å². The summed E-state index contributed by atoms with van der Waals surface area (Å²) in [4.78, 5) is 23.7. The number of nitrogens with zero attached hydrogens (tertiary/aromatic N) is 3. The Bertz CT molecular complexity index is 1020. The third kappa shape index (κ3) is 4.66. The molecule has 3 aromatic rings. The van der Waals surface area contributed by atoms with Gasteiger partial charge in [-0.15, -0.1) is 0 Å². The van der Waals surface area contributed by atoms with Crippen LogP contribution >= 0.6 is 11.6 Å². The normalized spacial score (nSPS) is 13.4. The SMILES string of the molecule is Cc1nc(Nc2ccc(NC(=O)c3ccccc3Cl)cc2)cc(N2CCCC2)n1. The lowest BCUT2D eigenvalue weighted by Gasteiger charge is -2.18. The zero-order valence-corrected chi connectivity index (χ0v) is 16.9. The highest BCUT2D eigenvalue weighted by molar-refractivity contribution is 6.34. The molecule has 1 saturated heterocycles. The zero-order valence-electron chi connectivity index (χ0n) is 16.2. The van der Waals surface area contributed by atoms with E-state index in [4.69, 9.17) is 11.6 Å². The molecule has 2 heterocycles. The summed E-state index contributed by atoms with van der Waals surface area (Å²) in [6.45, 7) is 3.98. The van der Waals surface area contributed by atoms with Gasteiger partial charge in [-0.3, -0.25) is 4.79 Å². The number of rotatable bonds is 5. The van der Waals surface area contributed by atoms with Gasteiger partial charge >= 0.3 is 0 Å². The van der Waals surface area contributed by atoms with Gasteiger partial charge in [0, 0.05) is 30.5 Å². The molecule has 2 aromatic carbocycles. The second-order valence-corrected chi connectivity index (χ2v) is 7.40. The highest BCUT2D eigenvalue weighted by Gasteiger charge is 2.15. The van der Waals surface area contributed by atoms with Crippen LogP contribution in [0, 0.1) is 6.92 Å². The van der Waals surface area contributed by atoms with Gasteiger partial charge in [-0.1, -0.05) is 23.7 Å². The van der Waals surface area contributed by atoms with Crippen molar-refractivity contribution in [2.24, 2.45) is 0 Å². The van der Waals surface area contributed by atoms with Gasteiger partial charge in [0.15, 0.2) is 0 Å².